The Bertz CT molecular complexity index is 1120. The normalized spacial score (nSPS) is 25.3. The molecule has 1 saturated carbocycles. The Hall–Kier alpha value is -3.58. The molecule has 1 amide bonds. The largest absolute Gasteiger partial charge is 0.461 e. The van der Waals surface area contributed by atoms with E-state index in [1.165, 1.54) is 0 Å². The van der Waals surface area contributed by atoms with E-state index in [4.69, 9.17) is 10.5 Å². The molecular weight excluding hydrogens is 472 g/mol. The summed E-state index contributed by atoms with van der Waals surface area (Å²) in [6.07, 6.45) is -4.76. The molecule has 182 valence electrons. The van der Waals surface area contributed by atoms with E-state index in [0.29, 0.717) is 0 Å². The summed E-state index contributed by atoms with van der Waals surface area (Å²) >= 11 is 0. The molecule has 4 rings (SSSR count). The van der Waals surface area contributed by atoms with Crippen molar-refractivity contribution in [2.24, 2.45) is 16.6 Å². The fourth-order valence-electron chi connectivity index (χ4n) is 4.24. The molecule has 8 nitrogen and oxygen atoms in total. The van der Waals surface area contributed by atoms with Gasteiger partial charge in [-0.25, -0.2) is 41.3 Å². The van der Waals surface area contributed by atoms with Gasteiger partial charge in [0.2, 0.25) is 12.7 Å². The Morgan fingerprint density at radius 1 is 1.26 bits per heavy atom. The van der Waals surface area contributed by atoms with Crippen LogP contribution in [0.5, 0.6) is 5.88 Å². The fourth-order valence-corrected chi connectivity index (χ4v) is 4.24. The van der Waals surface area contributed by atoms with Crippen LogP contribution in [-0.4, -0.2) is 47.2 Å². The summed E-state index contributed by atoms with van der Waals surface area (Å²) in [5.74, 6) is -7.11. The lowest BCUT2D eigenvalue weighted by atomic mass is 9.75. The molecule has 3 N–H and O–H groups in total. The number of nitrogens with one attached hydrogen (secondary N) is 1. The third-order valence-corrected chi connectivity index (χ3v) is 5.65. The number of hydrogen-bond acceptors (Lipinski definition) is 7. The van der Waals surface area contributed by atoms with E-state index in [1.807, 2.05) is 0 Å². The third-order valence-electron chi connectivity index (χ3n) is 5.65. The van der Waals surface area contributed by atoms with Crippen LogP contribution in [0.25, 0.3) is 0 Å². The van der Waals surface area contributed by atoms with Crippen molar-refractivity contribution in [3.63, 3.8) is 0 Å². The first kappa shape index (κ1) is 23.6. The second kappa shape index (κ2) is 8.65. The number of nitrogens with two attached hydrogens (primary N) is 1. The number of aliphatic imine (C=N–C) groups is 1. The van der Waals surface area contributed by atoms with Gasteiger partial charge >= 0.3 is 0 Å². The van der Waals surface area contributed by atoms with Crippen LogP contribution in [0.4, 0.5) is 32.0 Å². The number of alkyl halides is 5. The van der Waals surface area contributed by atoms with E-state index >= 15 is 0 Å². The number of nitrogens with zero attached hydrogens (tertiary/aromatic N) is 3. The molecular formula is C20H17F6N5O3. The molecule has 2 heterocycles. The molecule has 1 aliphatic heterocycles. The van der Waals surface area contributed by atoms with Crippen LogP contribution in [0.1, 0.15) is 28.9 Å². The van der Waals surface area contributed by atoms with Crippen LogP contribution in [0.15, 0.2) is 35.6 Å². The van der Waals surface area contributed by atoms with Gasteiger partial charge in [-0.2, -0.15) is 0 Å². The van der Waals surface area contributed by atoms with Crippen LogP contribution >= 0.6 is 0 Å². The minimum absolute atomic E-state index is 0.145. The number of fused-ring (bicyclic) bond motifs is 1. The number of rotatable bonds is 6. The number of anilines is 1. The van der Waals surface area contributed by atoms with E-state index in [-0.39, 0.29) is 17.3 Å². The lowest BCUT2D eigenvalue weighted by molar-refractivity contribution is -0.0392. The quantitative estimate of drug-likeness (QED) is 0.602. The van der Waals surface area contributed by atoms with Crippen molar-refractivity contribution in [2.45, 2.75) is 36.8 Å². The summed E-state index contributed by atoms with van der Waals surface area (Å²) in [6.45, 7) is -1.16. The summed E-state index contributed by atoms with van der Waals surface area (Å²) in [4.78, 5) is 23.5. The van der Waals surface area contributed by atoms with Gasteiger partial charge in [-0.1, -0.05) is 0 Å². The fraction of sp³-hybridized carbons (Fsp3) is 0.400. The molecule has 1 aromatic carbocycles. The number of carbonyl (C=O) groups excluding carboxylic acids is 1. The van der Waals surface area contributed by atoms with Gasteiger partial charge in [-0.05, 0) is 18.2 Å². The van der Waals surface area contributed by atoms with Gasteiger partial charge in [0.05, 0.1) is 12.4 Å². The van der Waals surface area contributed by atoms with E-state index < -0.39 is 72.9 Å². The van der Waals surface area contributed by atoms with Crippen molar-refractivity contribution < 1.29 is 40.6 Å². The molecule has 0 spiro atoms. The number of amides is 1. The van der Waals surface area contributed by atoms with Crippen LogP contribution in [0, 0.1) is 11.7 Å². The van der Waals surface area contributed by atoms with E-state index in [2.05, 4.69) is 25.0 Å². The first-order chi connectivity index (χ1) is 16.1. The molecule has 0 bridgehead atoms. The van der Waals surface area contributed by atoms with Crippen molar-refractivity contribution >= 4 is 17.6 Å². The SMILES string of the molecule is NC1=N[C@@](c2cc(NC(=O)c3cnc(OCF)cn3)ccc2F)(C(F)F)[C@H]2CC(F)(F)C[C@H]2O1. The highest BCUT2D eigenvalue weighted by molar-refractivity contribution is 6.02. The highest BCUT2D eigenvalue weighted by Gasteiger charge is 2.63. The average Bonchev–Trinajstić information content (AvgIpc) is 3.09. The predicted molar refractivity (Wildman–Crippen MR) is 105 cm³/mol. The number of aromatic nitrogens is 2. The van der Waals surface area contributed by atoms with Crippen molar-refractivity contribution in [3.05, 3.63) is 47.7 Å². The topological polar surface area (TPSA) is 112 Å². The molecule has 34 heavy (non-hydrogen) atoms. The van der Waals surface area contributed by atoms with Gasteiger partial charge in [0, 0.05) is 30.0 Å². The van der Waals surface area contributed by atoms with E-state index in [9.17, 15) is 31.1 Å². The third kappa shape index (κ3) is 4.19. The Balaban J connectivity index is 1.70. The zero-order chi connectivity index (χ0) is 24.7. The highest BCUT2D eigenvalue weighted by Crippen LogP contribution is 2.55. The first-order valence-corrected chi connectivity index (χ1v) is 9.86. The molecule has 1 aromatic heterocycles. The standard InChI is InChI=1S/C20H17F6N5O3/c21-8-33-15-7-28-13(6-29-15)16(32)30-9-1-2-12(22)10(3-9)20(17(23)24)11-4-19(25,26)5-14(11)34-18(27)31-20/h1-3,6-7,11,14,17H,4-5,8H2,(H2,27,31)(H,30,32)/t11-,14+,20+/m0/s1. The maximum atomic E-state index is 14.9. The maximum Gasteiger partial charge on any atom is 0.283 e. The second-order valence-corrected chi connectivity index (χ2v) is 7.75. The average molecular weight is 489 g/mol. The lowest BCUT2D eigenvalue weighted by Gasteiger charge is -2.41. The molecule has 1 fully saturated rings. The van der Waals surface area contributed by atoms with Crippen molar-refractivity contribution in [1.82, 2.24) is 9.97 Å². The summed E-state index contributed by atoms with van der Waals surface area (Å²) in [5.41, 5.74) is 1.64. The minimum Gasteiger partial charge on any atom is -0.461 e. The maximum absolute atomic E-state index is 14.9. The summed E-state index contributed by atoms with van der Waals surface area (Å²) in [5, 5.41) is 2.33. The van der Waals surface area contributed by atoms with Gasteiger partial charge in [-0.15, -0.1) is 0 Å². The first-order valence-electron chi connectivity index (χ1n) is 9.86. The zero-order valence-electron chi connectivity index (χ0n) is 17.2. The number of ether oxygens (including phenoxy) is 2. The molecule has 2 aliphatic rings. The van der Waals surface area contributed by atoms with Crippen molar-refractivity contribution in [3.8, 4) is 5.88 Å². The Labute approximate surface area is 188 Å². The van der Waals surface area contributed by atoms with Crippen LogP contribution in [-0.2, 0) is 10.3 Å². The Kier molecular flexibility index (Phi) is 6.00. The minimum atomic E-state index is -3.43. The summed E-state index contributed by atoms with van der Waals surface area (Å²) < 4.78 is 93.8. The molecule has 0 saturated heterocycles. The molecule has 1 aliphatic carbocycles. The van der Waals surface area contributed by atoms with Gasteiger partial charge in [0.25, 0.3) is 24.3 Å². The van der Waals surface area contributed by atoms with Gasteiger partial charge < -0.3 is 20.5 Å². The van der Waals surface area contributed by atoms with Crippen molar-refractivity contribution in [1.29, 1.82) is 0 Å². The van der Waals surface area contributed by atoms with Crippen LogP contribution in [0.2, 0.25) is 0 Å². The molecule has 0 unspecified atom stereocenters. The lowest BCUT2D eigenvalue weighted by Crippen LogP contribution is -2.51. The monoisotopic (exact) mass is 489 g/mol. The number of halogens is 6. The van der Waals surface area contributed by atoms with Gasteiger partial charge in [-0.3, -0.25) is 4.79 Å². The van der Waals surface area contributed by atoms with Gasteiger partial charge in [0.1, 0.15) is 17.6 Å². The second-order valence-electron chi connectivity index (χ2n) is 7.75. The van der Waals surface area contributed by atoms with E-state index in [1.54, 1.807) is 0 Å². The molecule has 14 heteroatoms. The van der Waals surface area contributed by atoms with Crippen LogP contribution in [0.3, 0.4) is 0 Å². The number of carbonyl (C=O) groups is 1. The summed E-state index contributed by atoms with van der Waals surface area (Å²) in [6, 6.07) is 1.99. The van der Waals surface area contributed by atoms with Crippen LogP contribution < -0.4 is 15.8 Å². The number of benzene rings is 1. The van der Waals surface area contributed by atoms with Crippen molar-refractivity contribution in [2.75, 3.05) is 12.2 Å². The predicted octanol–water partition coefficient (Wildman–Crippen LogP) is 3.39. The molecule has 2 aromatic rings. The highest BCUT2D eigenvalue weighted by atomic mass is 19.3. The number of amidine groups is 1. The summed E-state index contributed by atoms with van der Waals surface area (Å²) in [7, 11) is 0. The number of hydrogen-bond donors (Lipinski definition) is 2. The van der Waals surface area contributed by atoms with E-state index in [0.717, 1.165) is 30.6 Å². The molecule has 0 radical (unpaired) electrons. The smallest absolute Gasteiger partial charge is 0.283 e. The van der Waals surface area contributed by atoms with Gasteiger partial charge in [0.15, 0.2) is 5.54 Å². The Morgan fingerprint density at radius 3 is 2.68 bits per heavy atom. The zero-order valence-corrected chi connectivity index (χ0v) is 17.2. The molecule has 3 atom stereocenters. The Morgan fingerprint density at radius 2 is 2.03 bits per heavy atom.